The smallest absolute Gasteiger partial charge is 0.119 e. The van der Waals surface area contributed by atoms with Crippen LogP contribution in [0.5, 0.6) is 5.75 Å². The molecule has 2 nitrogen and oxygen atoms in total. The van der Waals surface area contributed by atoms with Gasteiger partial charge in [0, 0.05) is 0 Å². The molecule has 88 valence electrons. The fraction of sp³-hybridized carbons (Fsp3) is 0.571. The van der Waals surface area contributed by atoms with Gasteiger partial charge < -0.3 is 9.84 Å². The standard InChI is InChI=1S/C14H20O2/c1-11-4-7-14(9-13(11)10-15)16-8-2-3-12-5-6-12/h4,7,9,12,15H,2-3,5-6,8,10H2,1H3. The van der Waals surface area contributed by atoms with Crippen molar-refractivity contribution >= 4 is 0 Å². The van der Waals surface area contributed by atoms with E-state index in [1.165, 1.54) is 19.3 Å². The molecule has 0 bridgehead atoms. The van der Waals surface area contributed by atoms with E-state index in [1.807, 2.05) is 25.1 Å². The Bertz CT molecular complexity index is 343. The summed E-state index contributed by atoms with van der Waals surface area (Å²) in [5.41, 5.74) is 2.08. The fourth-order valence-electron chi connectivity index (χ4n) is 1.88. The minimum absolute atomic E-state index is 0.0884. The van der Waals surface area contributed by atoms with Crippen LogP contribution in [0.4, 0.5) is 0 Å². The minimum atomic E-state index is 0.0884. The van der Waals surface area contributed by atoms with Crippen molar-refractivity contribution in [3.05, 3.63) is 29.3 Å². The zero-order chi connectivity index (χ0) is 11.4. The molecule has 1 N–H and O–H groups in total. The van der Waals surface area contributed by atoms with Gasteiger partial charge in [-0.3, -0.25) is 0 Å². The lowest BCUT2D eigenvalue weighted by Crippen LogP contribution is -1.99. The van der Waals surface area contributed by atoms with Crippen LogP contribution in [-0.2, 0) is 6.61 Å². The molecule has 1 aliphatic rings. The second kappa shape index (κ2) is 5.35. The van der Waals surface area contributed by atoms with Crippen LogP contribution in [0.2, 0.25) is 0 Å². The highest BCUT2D eigenvalue weighted by Crippen LogP contribution is 2.33. The lowest BCUT2D eigenvalue weighted by Gasteiger charge is -2.08. The Kier molecular flexibility index (Phi) is 3.83. The summed E-state index contributed by atoms with van der Waals surface area (Å²) in [7, 11) is 0. The molecule has 1 aromatic carbocycles. The molecule has 0 atom stereocenters. The van der Waals surface area contributed by atoms with Crippen LogP contribution in [0.25, 0.3) is 0 Å². The third-order valence-electron chi connectivity index (χ3n) is 3.21. The first kappa shape index (κ1) is 11.5. The molecular weight excluding hydrogens is 200 g/mol. The van der Waals surface area contributed by atoms with Gasteiger partial charge in [0.25, 0.3) is 0 Å². The Morgan fingerprint density at radius 2 is 2.19 bits per heavy atom. The van der Waals surface area contributed by atoms with E-state index in [1.54, 1.807) is 0 Å². The van der Waals surface area contributed by atoms with E-state index >= 15 is 0 Å². The largest absolute Gasteiger partial charge is 0.494 e. The molecule has 16 heavy (non-hydrogen) atoms. The average molecular weight is 220 g/mol. The number of ether oxygens (including phenoxy) is 1. The molecule has 2 rings (SSSR count). The highest BCUT2D eigenvalue weighted by molar-refractivity contribution is 5.34. The van der Waals surface area contributed by atoms with Crippen molar-refractivity contribution < 1.29 is 9.84 Å². The van der Waals surface area contributed by atoms with Gasteiger partial charge in [0.15, 0.2) is 0 Å². The number of benzene rings is 1. The second-order valence-electron chi connectivity index (χ2n) is 4.68. The summed E-state index contributed by atoms with van der Waals surface area (Å²) in [6.07, 6.45) is 5.28. The fourth-order valence-corrected chi connectivity index (χ4v) is 1.88. The summed E-state index contributed by atoms with van der Waals surface area (Å²) in [4.78, 5) is 0. The van der Waals surface area contributed by atoms with Gasteiger partial charge in [-0.2, -0.15) is 0 Å². The molecule has 1 fully saturated rings. The number of rotatable bonds is 6. The van der Waals surface area contributed by atoms with E-state index in [0.29, 0.717) is 0 Å². The molecule has 2 heteroatoms. The maximum atomic E-state index is 9.14. The summed E-state index contributed by atoms with van der Waals surface area (Å²) < 4.78 is 5.67. The van der Waals surface area contributed by atoms with Gasteiger partial charge in [0.2, 0.25) is 0 Å². The lowest BCUT2D eigenvalue weighted by atomic mass is 10.1. The maximum Gasteiger partial charge on any atom is 0.119 e. The van der Waals surface area contributed by atoms with Crippen molar-refractivity contribution in [3.8, 4) is 5.75 Å². The molecule has 0 saturated heterocycles. The van der Waals surface area contributed by atoms with E-state index in [2.05, 4.69) is 0 Å². The number of hydrogen-bond donors (Lipinski definition) is 1. The summed E-state index contributed by atoms with van der Waals surface area (Å²) >= 11 is 0. The van der Waals surface area contributed by atoms with Gasteiger partial charge in [-0.15, -0.1) is 0 Å². The van der Waals surface area contributed by atoms with Crippen molar-refractivity contribution in [1.82, 2.24) is 0 Å². The first-order valence-corrected chi connectivity index (χ1v) is 6.13. The van der Waals surface area contributed by atoms with Gasteiger partial charge in [-0.1, -0.05) is 18.9 Å². The van der Waals surface area contributed by atoms with E-state index in [0.717, 1.165) is 35.8 Å². The number of aliphatic hydroxyl groups excluding tert-OH is 1. The van der Waals surface area contributed by atoms with Crippen LogP contribution >= 0.6 is 0 Å². The predicted octanol–water partition coefficient (Wildman–Crippen LogP) is 3.06. The molecule has 0 radical (unpaired) electrons. The highest BCUT2D eigenvalue weighted by Gasteiger charge is 2.20. The Morgan fingerprint density at radius 1 is 1.38 bits per heavy atom. The number of aryl methyl sites for hydroxylation is 1. The molecule has 1 aliphatic carbocycles. The Hall–Kier alpha value is -1.02. The normalized spacial score (nSPS) is 15.1. The van der Waals surface area contributed by atoms with Crippen LogP contribution in [-0.4, -0.2) is 11.7 Å². The minimum Gasteiger partial charge on any atom is -0.494 e. The van der Waals surface area contributed by atoms with Gasteiger partial charge in [0.05, 0.1) is 13.2 Å². The summed E-state index contributed by atoms with van der Waals surface area (Å²) in [5, 5.41) is 9.14. The summed E-state index contributed by atoms with van der Waals surface area (Å²) in [6.45, 7) is 2.89. The third kappa shape index (κ3) is 3.24. The zero-order valence-corrected chi connectivity index (χ0v) is 9.91. The number of hydrogen-bond acceptors (Lipinski definition) is 2. The van der Waals surface area contributed by atoms with Crippen LogP contribution < -0.4 is 4.74 Å². The quantitative estimate of drug-likeness (QED) is 0.747. The predicted molar refractivity (Wildman–Crippen MR) is 64.6 cm³/mol. The molecule has 0 amide bonds. The van der Waals surface area contributed by atoms with Crippen molar-refractivity contribution in [2.75, 3.05) is 6.61 Å². The van der Waals surface area contributed by atoms with Crippen molar-refractivity contribution in [3.63, 3.8) is 0 Å². The highest BCUT2D eigenvalue weighted by atomic mass is 16.5. The van der Waals surface area contributed by atoms with Crippen LogP contribution in [0.15, 0.2) is 18.2 Å². The zero-order valence-electron chi connectivity index (χ0n) is 9.91. The lowest BCUT2D eigenvalue weighted by molar-refractivity contribution is 0.277. The van der Waals surface area contributed by atoms with E-state index < -0.39 is 0 Å². The Balaban J connectivity index is 1.78. The van der Waals surface area contributed by atoms with Crippen LogP contribution in [0.3, 0.4) is 0 Å². The van der Waals surface area contributed by atoms with Gasteiger partial charge >= 0.3 is 0 Å². The first-order chi connectivity index (χ1) is 7.79. The molecule has 0 aliphatic heterocycles. The third-order valence-corrected chi connectivity index (χ3v) is 3.21. The van der Waals surface area contributed by atoms with Crippen LogP contribution in [0.1, 0.15) is 36.8 Å². The molecule has 0 aromatic heterocycles. The molecule has 0 spiro atoms. The first-order valence-electron chi connectivity index (χ1n) is 6.13. The van der Waals surface area contributed by atoms with Gasteiger partial charge in [-0.25, -0.2) is 0 Å². The Morgan fingerprint density at radius 3 is 2.88 bits per heavy atom. The van der Waals surface area contributed by atoms with Crippen LogP contribution in [0, 0.1) is 12.8 Å². The second-order valence-corrected chi connectivity index (χ2v) is 4.68. The molecule has 1 saturated carbocycles. The topological polar surface area (TPSA) is 29.5 Å². The Labute approximate surface area is 97.3 Å². The molecular formula is C14H20O2. The molecule has 0 heterocycles. The summed E-state index contributed by atoms with van der Waals surface area (Å²) in [6, 6.07) is 5.92. The molecule has 0 unspecified atom stereocenters. The number of aliphatic hydroxyl groups is 1. The monoisotopic (exact) mass is 220 g/mol. The van der Waals surface area contributed by atoms with E-state index in [-0.39, 0.29) is 6.61 Å². The average Bonchev–Trinajstić information content (AvgIpc) is 3.10. The van der Waals surface area contributed by atoms with Crippen molar-refractivity contribution in [2.24, 2.45) is 5.92 Å². The van der Waals surface area contributed by atoms with E-state index in [4.69, 9.17) is 9.84 Å². The van der Waals surface area contributed by atoms with Gasteiger partial charge in [-0.05, 0) is 48.9 Å². The van der Waals surface area contributed by atoms with Crippen molar-refractivity contribution in [2.45, 2.75) is 39.2 Å². The summed E-state index contributed by atoms with van der Waals surface area (Å²) in [5.74, 6) is 1.86. The van der Waals surface area contributed by atoms with Gasteiger partial charge in [0.1, 0.15) is 5.75 Å². The molecule has 1 aromatic rings. The SMILES string of the molecule is Cc1ccc(OCCCC2CC2)cc1CO. The van der Waals surface area contributed by atoms with Crippen molar-refractivity contribution in [1.29, 1.82) is 0 Å². The maximum absolute atomic E-state index is 9.14. The van der Waals surface area contributed by atoms with E-state index in [9.17, 15) is 0 Å².